The van der Waals surface area contributed by atoms with Gasteiger partial charge in [-0.25, -0.2) is 0 Å². The summed E-state index contributed by atoms with van der Waals surface area (Å²) in [5.41, 5.74) is -0.389. The molecule has 0 unspecified atom stereocenters. The number of likely N-dealkylation sites (N-methyl/N-ethyl adjacent to an activating group) is 1. The summed E-state index contributed by atoms with van der Waals surface area (Å²) in [7, 11) is 5.64. The van der Waals surface area contributed by atoms with Crippen LogP contribution in [0.2, 0.25) is 0 Å². The Morgan fingerprint density at radius 2 is 2.07 bits per heavy atom. The average Bonchev–Trinajstić information content (AvgIpc) is 3.05. The third kappa shape index (κ3) is 1.29. The van der Waals surface area contributed by atoms with Crippen molar-refractivity contribution in [2.24, 2.45) is 10.8 Å². The molecule has 4 aliphatic carbocycles. The lowest BCUT2D eigenvalue weighted by Gasteiger charge is -2.77. The Morgan fingerprint density at radius 3 is 2.83 bits per heavy atom. The van der Waals surface area contributed by atoms with Crippen molar-refractivity contribution in [3.05, 3.63) is 35.4 Å². The molecule has 6 heteroatoms. The molecular weight excluding hydrogens is 382 g/mol. The van der Waals surface area contributed by atoms with E-state index >= 15 is 0 Å². The van der Waals surface area contributed by atoms with E-state index < -0.39 is 16.6 Å². The number of rotatable bonds is 2. The summed E-state index contributed by atoms with van der Waals surface area (Å²) in [5, 5.41) is 0. The Labute approximate surface area is 176 Å². The minimum atomic E-state index is -0.879. The monoisotopic (exact) mass is 409 g/mol. The van der Waals surface area contributed by atoms with Gasteiger partial charge in [0.25, 0.3) is 0 Å². The second-order valence-electron chi connectivity index (χ2n) is 10.3. The van der Waals surface area contributed by atoms with Gasteiger partial charge in [-0.3, -0.25) is 4.79 Å². The molecule has 30 heavy (non-hydrogen) atoms. The SMILES string of the molecule is COc1ccc2c3c1O[C@]14COC(=O)[C@@]5(C)C[C@]6(C=C[C@]15OC)[C@@H](C2)N(C)CC[C@]346. The van der Waals surface area contributed by atoms with E-state index in [0.29, 0.717) is 12.5 Å². The number of carbonyl (C=O) groups is 1. The van der Waals surface area contributed by atoms with Crippen LogP contribution in [0.3, 0.4) is 0 Å². The molecule has 3 spiro atoms. The first-order valence-corrected chi connectivity index (χ1v) is 10.9. The van der Waals surface area contributed by atoms with Gasteiger partial charge in [-0.1, -0.05) is 18.2 Å². The van der Waals surface area contributed by atoms with Crippen LogP contribution in [0.15, 0.2) is 24.3 Å². The Hall–Kier alpha value is -2.05. The van der Waals surface area contributed by atoms with Gasteiger partial charge >= 0.3 is 5.97 Å². The van der Waals surface area contributed by atoms with E-state index in [9.17, 15) is 4.79 Å². The van der Waals surface area contributed by atoms with Gasteiger partial charge in [0.05, 0.1) is 12.5 Å². The molecule has 2 saturated heterocycles. The molecular formula is C24H27NO5. The number of cyclic esters (lactones) is 1. The maximum Gasteiger partial charge on any atom is 0.315 e. The highest BCUT2D eigenvalue weighted by molar-refractivity contribution is 5.84. The van der Waals surface area contributed by atoms with Crippen LogP contribution in [0.5, 0.6) is 11.5 Å². The maximum absolute atomic E-state index is 13.3. The van der Waals surface area contributed by atoms with Crippen LogP contribution in [0.4, 0.5) is 0 Å². The van der Waals surface area contributed by atoms with Gasteiger partial charge in [0.2, 0.25) is 0 Å². The van der Waals surface area contributed by atoms with E-state index in [1.54, 1.807) is 14.2 Å². The second kappa shape index (κ2) is 4.73. The summed E-state index contributed by atoms with van der Waals surface area (Å²) in [6.07, 6.45) is 7.13. The summed E-state index contributed by atoms with van der Waals surface area (Å²) in [4.78, 5) is 15.8. The van der Waals surface area contributed by atoms with Crippen LogP contribution in [-0.4, -0.2) is 62.5 Å². The molecule has 0 aromatic heterocycles. The molecule has 7 aliphatic rings. The van der Waals surface area contributed by atoms with Crippen LogP contribution in [-0.2, 0) is 26.1 Å². The summed E-state index contributed by atoms with van der Waals surface area (Å²) >= 11 is 0. The number of piperidine rings is 1. The van der Waals surface area contributed by atoms with Crippen molar-refractivity contribution in [1.82, 2.24) is 4.90 Å². The third-order valence-corrected chi connectivity index (χ3v) is 9.85. The van der Waals surface area contributed by atoms with Gasteiger partial charge in [-0.2, -0.15) is 0 Å². The number of hydrogen-bond acceptors (Lipinski definition) is 6. The Bertz CT molecular complexity index is 1070. The summed E-state index contributed by atoms with van der Waals surface area (Å²) in [5.74, 6) is 1.41. The van der Waals surface area contributed by atoms with Crippen molar-refractivity contribution in [2.75, 3.05) is 34.4 Å². The molecule has 3 heterocycles. The zero-order chi connectivity index (χ0) is 20.7. The van der Waals surface area contributed by atoms with Crippen LogP contribution >= 0.6 is 0 Å². The van der Waals surface area contributed by atoms with Gasteiger partial charge in [-0.15, -0.1) is 0 Å². The molecule has 6 atom stereocenters. The normalized spacial score (nSPS) is 48.8. The number of hydrogen-bond donors (Lipinski definition) is 0. The fourth-order valence-corrected chi connectivity index (χ4v) is 8.85. The van der Waals surface area contributed by atoms with Crippen molar-refractivity contribution in [3.8, 4) is 11.5 Å². The highest BCUT2D eigenvalue weighted by atomic mass is 16.6. The zero-order valence-corrected chi connectivity index (χ0v) is 17.9. The topological polar surface area (TPSA) is 57.2 Å². The molecule has 0 amide bonds. The molecule has 3 fully saturated rings. The van der Waals surface area contributed by atoms with E-state index in [-0.39, 0.29) is 23.4 Å². The van der Waals surface area contributed by atoms with Crippen molar-refractivity contribution in [1.29, 1.82) is 0 Å². The lowest BCUT2D eigenvalue weighted by molar-refractivity contribution is -0.322. The molecule has 1 aromatic rings. The standard InChI is InChI=1S/C24H27NO5/c1-20-12-21-7-8-23(20,28-4)24(13-29-19(20)26)22(21)9-10-25(2)16(21)11-14-5-6-15(27-3)18(30-24)17(14)22/h5-8,16H,9-13H2,1-4H3/t16-,20-,21-,22-,23-,24+/m1/s1. The quantitative estimate of drug-likeness (QED) is 0.552. The van der Waals surface area contributed by atoms with Crippen LogP contribution < -0.4 is 9.47 Å². The van der Waals surface area contributed by atoms with E-state index in [1.807, 2.05) is 13.0 Å². The first-order chi connectivity index (χ1) is 14.4. The van der Waals surface area contributed by atoms with Crippen molar-refractivity contribution in [2.45, 2.75) is 48.8 Å². The number of likely N-dealkylation sites (tertiary alicyclic amines) is 1. The molecule has 0 radical (unpaired) electrons. The Morgan fingerprint density at radius 1 is 1.23 bits per heavy atom. The molecule has 158 valence electrons. The minimum Gasteiger partial charge on any atom is -0.493 e. The van der Waals surface area contributed by atoms with E-state index in [0.717, 1.165) is 30.9 Å². The van der Waals surface area contributed by atoms with Gasteiger partial charge in [0, 0.05) is 24.1 Å². The van der Waals surface area contributed by atoms with E-state index in [4.69, 9.17) is 18.9 Å². The number of methoxy groups -OCH3 is 2. The van der Waals surface area contributed by atoms with Crippen LogP contribution in [0, 0.1) is 10.8 Å². The van der Waals surface area contributed by atoms with Gasteiger partial charge in [0.15, 0.2) is 17.1 Å². The van der Waals surface area contributed by atoms with Gasteiger partial charge in [0.1, 0.15) is 17.6 Å². The second-order valence-corrected chi connectivity index (χ2v) is 10.3. The number of benzene rings is 1. The fraction of sp³-hybridized carbons (Fsp3) is 0.625. The van der Waals surface area contributed by atoms with Gasteiger partial charge in [-0.05, 0) is 51.4 Å². The predicted molar refractivity (Wildman–Crippen MR) is 108 cm³/mol. The minimum absolute atomic E-state index is 0.174. The van der Waals surface area contributed by atoms with Gasteiger partial charge < -0.3 is 23.8 Å². The molecule has 0 N–H and O–H groups in total. The number of ether oxygens (including phenoxy) is 4. The van der Waals surface area contributed by atoms with Crippen molar-refractivity contribution < 1.29 is 23.7 Å². The largest absolute Gasteiger partial charge is 0.493 e. The molecule has 1 saturated carbocycles. The van der Waals surface area contributed by atoms with E-state index in [2.05, 4.69) is 30.2 Å². The number of esters is 1. The van der Waals surface area contributed by atoms with E-state index in [1.165, 1.54) is 11.1 Å². The number of nitrogens with zero attached hydrogens (tertiary/aromatic N) is 1. The smallest absolute Gasteiger partial charge is 0.315 e. The summed E-state index contributed by atoms with van der Waals surface area (Å²) in [6.45, 7) is 3.20. The predicted octanol–water partition coefficient (Wildman–Crippen LogP) is 2.23. The lowest BCUT2D eigenvalue weighted by atomic mass is 9.30. The van der Waals surface area contributed by atoms with Crippen LogP contribution in [0.25, 0.3) is 0 Å². The third-order valence-electron chi connectivity index (χ3n) is 9.85. The lowest BCUT2D eigenvalue weighted by Crippen LogP contribution is -2.90. The maximum atomic E-state index is 13.3. The fourth-order valence-electron chi connectivity index (χ4n) is 8.85. The van der Waals surface area contributed by atoms with Crippen molar-refractivity contribution in [3.63, 3.8) is 0 Å². The molecule has 8 rings (SSSR count). The van der Waals surface area contributed by atoms with Crippen molar-refractivity contribution >= 4 is 5.97 Å². The van der Waals surface area contributed by atoms with Crippen LogP contribution in [0.1, 0.15) is 30.9 Å². The first kappa shape index (κ1) is 17.6. The Balaban J connectivity index is 1.67. The Kier molecular flexibility index (Phi) is 2.78. The number of carbonyl (C=O) groups excluding carboxylic acids is 1. The summed E-state index contributed by atoms with van der Waals surface area (Å²) in [6, 6.07) is 4.54. The molecule has 6 bridgehead atoms. The highest BCUT2D eigenvalue weighted by Crippen LogP contribution is 2.81. The molecule has 3 aliphatic heterocycles. The highest BCUT2D eigenvalue weighted by Gasteiger charge is 2.90. The zero-order valence-electron chi connectivity index (χ0n) is 17.9. The first-order valence-electron chi connectivity index (χ1n) is 10.9. The average molecular weight is 409 g/mol. The molecule has 1 aromatic carbocycles. The summed E-state index contributed by atoms with van der Waals surface area (Å²) < 4.78 is 25.1. The molecule has 6 nitrogen and oxygen atoms in total.